The van der Waals surface area contributed by atoms with E-state index in [1.807, 2.05) is 0 Å². The number of hydrogen-bond acceptors (Lipinski definition) is 1. The molecule has 0 N–H and O–H groups in total. The van der Waals surface area contributed by atoms with Gasteiger partial charge in [-0.05, 0) is 137 Å². The van der Waals surface area contributed by atoms with Crippen molar-refractivity contribution in [1.82, 2.24) is 0 Å². The van der Waals surface area contributed by atoms with Crippen LogP contribution in [0.3, 0.4) is 0 Å². The van der Waals surface area contributed by atoms with E-state index in [1.54, 1.807) is 0 Å². The fraction of sp³-hybridized carbons (Fsp3) is 0.0588. The highest BCUT2D eigenvalue weighted by molar-refractivity contribution is 6.17. The predicted octanol–water partition coefficient (Wildman–Crippen LogP) is 14.3. The Morgan fingerprint density at radius 2 is 0.788 bits per heavy atom. The van der Waals surface area contributed by atoms with E-state index < -0.39 is 0 Å². The minimum Gasteiger partial charge on any atom is -0.311 e. The topological polar surface area (TPSA) is 3.24 Å². The van der Waals surface area contributed by atoms with Crippen LogP contribution in [-0.2, 0) is 5.41 Å². The maximum atomic E-state index is 2.47. The second-order valence-electron chi connectivity index (χ2n) is 14.6. The lowest BCUT2D eigenvalue weighted by atomic mass is 9.79. The fourth-order valence-corrected chi connectivity index (χ4v) is 8.61. The van der Waals surface area contributed by atoms with Crippen LogP contribution in [0.25, 0.3) is 65.7 Å². The predicted molar refractivity (Wildman–Crippen MR) is 222 cm³/mol. The molecular weight excluding hydrogens is 627 g/mol. The van der Waals surface area contributed by atoms with Crippen molar-refractivity contribution >= 4 is 49.4 Å². The summed E-state index contributed by atoms with van der Waals surface area (Å²) in [6, 6.07) is 68.9. The van der Waals surface area contributed by atoms with Crippen LogP contribution in [0, 0.1) is 0 Å². The molecule has 0 saturated carbocycles. The van der Waals surface area contributed by atoms with E-state index >= 15 is 0 Å². The smallest absolute Gasteiger partial charge is 0.0462 e. The number of benzene rings is 9. The zero-order valence-corrected chi connectivity index (χ0v) is 29.3. The van der Waals surface area contributed by atoms with Crippen LogP contribution < -0.4 is 4.90 Å². The average Bonchev–Trinajstić information content (AvgIpc) is 3.44. The molecule has 246 valence electrons. The Labute approximate surface area is 305 Å². The minimum absolute atomic E-state index is 0.119. The molecule has 0 aromatic heterocycles. The lowest BCUT2D eigenvalue weighted by Gasteiger charge is -2.25. The number of para-hydroxylation sites is 2. The molecule has 0 fully saturated rings. The third kappa shape index (κ3) is 4.77. The second kappa shape index (κ2) is 11.8. The van der Waals surface area contributed by atoms with Gasteiger partial charge < -0.3 is 4.90 Å². The molecule has 9 aromatic carbocycles. The van der Waals surface area contributed by atoms with Crippen molar-refractivity contribution in [1.29, 1.82) is 0 Å². The van der Waals surface area contributed by atoms with E-state index in [1.165, 1.54) is 76.8 Å². The second-order valence-corrected chi connectivity index (χ2v) is 14.6. The summed E-state index contributed by atoms with van der Waals surface area (Å²) in [5, 5.41) is 7.97. The Balaban J connectivity index is 1.07. The van der Waals surface area contributed by atoms with Gasteiger partial charge in [0.2, 0.25) is 0 Å². The van der Waals surface area contributed by atoms with Crippen LogP contribution >= 0.6 is 0 Å². The van der Waals surface area contributed by atoms with E-state index in [4.69, 9.17) is 0 Å². The van der Waals surface area contributed by atoms with E-state index in [-0.39, 0.29) is 5.41 Å². The first-order valence-electron chi connectivity index (χ1n) is 18.2. The molecule has 0 spiro atoms. The van der Waals surface area contributed by atoms with Crippen LogP contribution in [0.5, 0.6) is 0 Å². The first kappa shape index (κ1) is 30.4. The van der Waals surface area contributed by atoms with Gasteiger partial charge in [-0.3, -0.25) is 0 Å². The fourth-order valence-electron chi connectivity index (χ4n) is 8.61. The van der Waals surface area contributed by atoms with Gasteiger partial charge in [-0.1, -0.05) is 141 Å². The van der Waals surface area contributed by atoms with Crippen LogP contribution in [0.2, 0.25) is 0 Å². The lowest BCUT2D eigenvalue weighted by Crippen LogP contribution is -2.15. The van der Waals surface area contributed by atoms with Gasteiger partial charge in [0.15, 0.2) is 0 Å². The Morgan fingerprint density at radius 3 is 1.35 bits per heavy atom. The minimum atomic E-state index is -0.119. The van der Waals surface area contributed by atoms with Crippen LogP contribution in [0.15, 0.2) is 188 Å². The van der Waals surface area contributed by atoms with E-state index in [0.717, 1.165) is 17.1 Å². The van der Waals surface area contributed by atoms with E-state index in [0.29, 0.717) is 0 Å². The van der Waals surface area contributed by atoms with Gasteiger partial charge in [0.05, 0.1) is 0 Å². The highest BCUT2D eigenvalue weighted by Gasteiger charge is 2.35. The summed E-state index contributed by atoms with van der Waals surface area (Å²) in [7, 11) is 0. The molecule has 0 bridgehead atoms. The Kier molecular flexibility index (Phi) is 6.91. The molecule has 9 aromatic rings. The highest BCUT2D eigenvalue weighted by atomic mass is 15.1. The molecule has 52 heavy (non-hydrogen) atoms. The van der Waals surface area contributed by atoms with Gasteiger partial charge in [0.1, 0.15) is 0 Å². The molecule has 1 aliphatic rings. The molecule has 1 aliphatic carbocycles. The number of nitrogens with zero attached hydrogens (tertiary/aromatic N) is 1. The molecule has 0 radical (unpaired) electrons. The summed E-state index contributed by atoms with van der Waals surface area (Å²) >= 11 is 0. The quantitative estimate of drug-likeness (QED) is 0.160. The molecule has 0 aliphatic heterocycles. The Morgan fingerprint density at radius 1 is 0.346 bits per heavy atom. The maximum Gasteiger partial charge on any atom is 0.0462 e. The van der Waals surface area contributed by atoms with Crippen molar-refractivity contribution in [3.63, 3.8) is 0 Å². The van der Waals surface area contributed by atoms with Crippen molar-refractivity contribution in [3.8, 4) is 33.4 Å². The van der Waals surface area contributed by atoms with Crippen molar-refractivity contribution in [3.05, 3.63) is 199 Å². The normalized spacial score (nSPS) is 13.0. The first-order valence-corrected chi connectivity index (χ1v) is 18.2. The Hall–Kier alpha value is -6.44. The van der Waals surface area contributed by atoms with Gasteiger partial charge in [-0.2, -0.15) is 0 Å². The molecule has 0 heterocycles. The molecule has 10 rings (SSSR count). The zero-order chi connectivity index (χ0) is 34.8. The zero-order valence-electron chi connectivity index (χ0n) is 29.3. The van der Waals surface area contributed by atoms with Crippen LogP contribution in [0.4, 0.5) is 17.1 Å². The number of anilines is 3. The van der Waals surface area contributed by atoms with E-state index in [9.17, 15) is 0 Å². The van der Waals surface area contributed by atoms with Crippen molar-refractivity contribution in [2.45, 2.75) is 19.3 Å². The van der Waals surface area contributed by atoms with Crippen molar-refractivity contribution in [2.75, 3.05) is 4.90 Å². The summed E-state index contributed by atoms with van der Waals surface area (Å²) in [4.78, 5) is 2.31. The number of rotatable bonds is 6. The van der Waals surface area contributed by atoms with Crippen LogP contribution in [0.1, 0.15) is 25.0 Å². The van der Waals surface area contributed by atoms with Gasteiger partial charge in [0, 0.05) is 22.5 Å². The SMILES string of the molecule is CC1(C)c2cc(-c3ccccc3)cc3ccc4cc(-c5ccc(-c6ccc(N(c7ccccc7)c7ccccc7)cc6)c6ccccc56)cc1c4c23. The molecule has 0 saturated heterocycles. The van der Waals surface area contributed by atoms with Gasteiger partial charge in [0.25, 0.3) is 0 Å². The summed E-state index contributed by atoms with van der Waals surface area (Å²) in [6.45, 7) is 4.80. The molecule has 1 heteroatoms. The van der Waals surface area contributed by atoms with Gasteiger partial charge in [-0.25, -0.2) is 0 Å². The third-order valence-corrected chi connectivity index (χ3v) is 11.2. The number of hydrogen-bond donors (Lipinski definition) is 0. The summed E-state index contributed by atoms with van der Waals surface area (Å²) < 4.78 is 0. The van der Waals surface area contributed by atoms with Gasteiger partial charge in [-0.15, -0.1) is 0 Å². The first-order chi connectivity index (χ1) is 25.5. The third-order valence-electron chi connectivity index (χ3n) is 11.2. The van der Waals surface area contributed by atoms with Crippen molar-refractivity contribution < 1.29 is 0 Å². The summed E-state index contributed by atoms with van der Waals surface area (Å²) in [6.07, 6.45) is 0. The van der Waals surface area contributed by atoms with Crippen molar-refractivity contribution in [2.24, 2.45) is 0 Å². The summed E-state index contributed by atoms with van der Waals surface area (Å²) in [5.74, 6) is 0. The summed E-state index contributed by atoms with van der Waals surface area (Å²) in [5.41, 5.74) is 13.6. The number of fused-ring (bicyclic) bond motifs is 1. The lowest BCUT2D eigenvalue weighted by molar-refractivity contribution is 0.663. The Bertz CT molecular complexity index is 2740. The largest absolute Gasteiger partial charge is 0.311 e. The monoisotopic (exact) mass is 663 g/mol. The molecular formula is C51H37N. The molecule has 0 atom stereocenters. The molecule has 1 nitrogen and oxygen atoms in total. The molecule has 0 unspecified atom stereocenters. The maximum absolute atomic E-state index is 2.47. The van der Waals surface area contributed by atoms with Gasteiger partial charge >= 0.3 is 0 Å². The van der Waals surface area contributed by atoms with E-state index in [2.05, 4.69) is 207 Å². The standard InChI is InChI=1S/C51H37N/c1-51(2)47-32-38(34-14-6-3-7-15-34)30-36-22-23-37-31-39(33-48(51)50(37)49(36)47)44-29-28-43(45-20-12-13-21-46(44)45)35-24-26-42(27-25-35)52(40-16-8-4-9-17-40)41-18-10-5-11-19-41/h3-33H,1-2H3. The average molecular weight is 664 g/mol. The molecule has 0 amide bonds. The highest BCUT2D eigenvalue weighted by Crippen LogP contribution is 2.52. The van der Waals surface area contributed by atoms with Crippen LogP contribution in [-0.4, -0.2) is 0 Å².